The highest BCUT2D eigenvalue weighted by Gasteiger charge is 2.13. The Morgan fingerprint density at radius 1 is 1.03 bits per heavy atom. The molecule has 2 aromatic heterocycles. The number of carbonyl (C=O) groups excluding carboxylic acids is 2. The number of amides is 2. The number of aromatic nitrogens is 2. The number of nitrogens with zero attached hydrogens (tertiary/aromatic N) is 2. The van der Waals surface area contributed by atoms with E-state index in [1.54, 1.807) is 30.6 Å². The molecule has 1 aromatic carbocycles. The minimum Gasteiger partial charge on any atom is -0.322 e. The van der Waals surface area contributed by atoms with E-state index in [2.05, 4.69) is 20.6 Å². The molecule has 0 aliphatic rings. The third kappa shape index (κ3) is 6.04. The van der Waals surface area contributed by atoms with Crippen LogP contribution in [0.3, 0.4) is 0 Å². The Labute approximate surface area is 178 Å². The first-order chi connectivity index (χ1) is 14.0. The molecule has 0 saturated carbocycles. The van der Waals surface area contributed by atoms with Crippen LogP contribution in [0, 0.1) is 6.92 Å². The number of aryl methyl sites for hydroxylation is 1. The summed E-state index contributed by atoms with van der Waals surface area (Å²) in [7, 11) is 0. The summed E-state index contributed by atoms with van der Waals surface area (Å²) in [6, 6.07) is 14.7. The summed E-state index contributed by atoms with van der Waals surface area (Å²) < 4.78 is 0. The van der Waals surface area contributed by atoms with Gasteiger partial charge in [0.2, 0.25) is 5.91 Å². The van der Waals surface area contributed by atoms with E-state index in [-0.39, 0.29) is 17.7 Å². The van der Waals surface area contributed by atoms with E-state index >= 15 is 0 Å². The molecule has 0 spiro atoms. The average Bonchev–Trinajstić information content (AvgIpc) is 2.72. The minimum absolute atomic E-state index is 0.131. The van der Waals surface area contributed by atoms with Crippen molar-refractivity contribution in [2.75, 3.05) is 16.5 Å². The topological polar surface area (TPSA) is 84.0 Å². The summed E-state index contributed by atoms with van der Waals surface area (Å²) in [6.45, 7) is 1.97. The van der Waals surface area contributed by atoms with Crippen LogP contribution in [0.5, 0.6) is 0 Å². The zero-order chi connectivity index (χ0) is 20.6. The Morgan fingerprint density at radius 2 is 1.90 bits per heavy atom. The molecule has 148 valence electrons. The smallest absolute Gasteiger partial charge is 0.258 e. The van der Waals surface area contributed by atoms with E-state index in [4.69, 9.17) is 11.6 Å². The van der Waals surface area contributed by atoms with Crippen molar-refractivity contribution >= 4 is 46.7 Å². The van der Waals surface area contributed by atoms with Crippen molar-refractivity contribution < 1.29 is 9.59 Å². The predicted molar refractivity (Wildman–Crippen MR) is 117 cm³/mol. The Kier molecular flexibility index (Phi) is 7.21. The number of alkyl halides is 1. The number of benzene rings is 1. The molecule has 0 bridgehead atoms. The van der Waals surface area contributed by atoms with Gasteiger partial charge < -0.3 is 10.6 Å². The van der Waals surface area contributed by atoms with Crippen LogP contribution in [0.1, 0.15) is 21.5 Å². The number of pyridine rings is 2. The number of hydrogen-bond donors (Lipinski definition) is 2. The summed E-state index contributed by atoms with van der Waals surface area (Å²) in [5, 5.41) is 6.16. The third-order valence-electron chi connectivity index (χ3n) is 3.88. The molecule has 0 fully saturated rings. The molecule has 6 nitrogen and oxygen atoms in total. The number of anilines is 2. The molecule has 0 aliphatic heterocycles. The zero-order valence-corrected chi connectivity index (χ0v) is 17.3. The number of carbonyl (C=O) groups is 2. The van der Waals surface area contributed by atoms with Crippen LogP contribution in [-0.2, 0) is 10.5 Å². The summed E-state index contributed by atoms with van der Waals surface area (Å²) in [4.78, 5) is 32.6. The molecule has 0 saturated heterocycles. The van der Waals surface area contributed by atoms with Gasteiger partial charge in [0.15, 0.2) is 0 Å². The van der Waals surface area contributed by atoms with Crippen LogP contribution in [0.4, 0.5) is 11.5 Å². The van der Waals surface area contributed by atoms with Crippen molar-refractivity contribution in [3.8, 4) is 0 Å². The van der Waals surface area contributed by atoms with Crippen LogP contribution in [-0.4, -0.2) is 27.7 Å². The number of thioether (sulfide) groups is 1. The molecular formula is C21H19ClN4O2S. The molecule has 2 heterocycles. The summed E-state index contributed by atoms with van der Waals surface area (Å²) in [5.74, 6) is 0.342. The number of nitrogens with one attached hydrogen (secondary N) is 2. The molecule has 0 unspecified atom stereocenters. The van der Waals surface area contributed by atoms with E-state index in [0.29, 0.717) is 22.2 Å². The maximum Gasteiger partial charge on any atom is 0.258 e. The highest BCUT2D eigenvalue weighted by atomic mass is 35.5. The molecule has 0 radical (unpaired) electrons. The monoisotopic (exact) mass is 426 g/mol. The van der Waals surface area contributed by atoms with E-state index in [9.17, 15) is 9.59 Å². The first-order valence-electron chi connectivity index (χ1n) is 8.82. The fraction of sp³-hybridized carbons (Fsp3) is 0.143. The maximum atomic E-state index is 12.7. The first-order valence-corrected chi connectivity index (χ1v) is 10.3. The Balaban J connectivity index is 1.70. The van der Waals surface area contributed by atoms with Gasteiger partial charge in [-0.25, -0.2) is 9.97 Å². The standard InChI is InChI=1S/C21H19ClN4O2S/c1-14-4-2-5-16(10-14)25-20(28)17-6-3-8-24-21(17)29-13-15-7-9-23-18(11-15)26-19(27)12-22/h2-11H,12-13H2,1H3,(H,25,28)(H,23,26,27). The van der Waals surface area contributed by atoms with Gasteiger partial charge >= 0.3 is 0 Å². The molecule has 3 aromatic rings. The SMILES string of the molecule is Cc1cccc(NC(=O)c2cccnc2SCc2ccnc(NC(=O)CCl)c2)c1. The van der Waals surface area contributed by atoms with Gasteiger partial charge in [-0.2, -0.15) is 0 Å². The molecule has 8 heteroatoms. The van der Waals surface area contributed by atoms with Gasteiger partial charge in [0.1, 0.15) is 16.7 Å². The fourth-order valence-electron chi connectivity index (χ4n) is 2.56. The van der Waals surface area contributed by atoms with Crippen molar-refractivity contribution in [3.63, 3.8) is 0 Å². The largest absolute Gasteiger partial charge is 0.322 e. The lowest BCUT2D eigenvalue weighted by atomic mass is 10.2. The number of hydrogen-bond acceptors (Lipinski definition) is 5. The predicted octanol–water partition coefficient (Wildman–Crippen LogP) is 4.51. The Bertz CT molecular complexity index is 1030. The zero-order valence-electron chi connectivity index (χ0n) is 15.7. The number of rotatable bonds is 7. The molecule has 3 rings (SSSR count). The van der Waals surface area contributed by atoms with E-state index in [1.165, 1.54) is 11.8 Å². The Hall–Kier alpha value is -2.90. The highest BCUT2D eigenvalue weighted by molar-refractivity contribution is 7.98. The van der Waals surface area contributed by atoms with Gasteiger partial charge in [-0.3, -0.25) is 9.59 Å². The Morgan fingerprint density at radius 3 is 2.69 bits per heavy atom. The van der Waals surface area contributed by atoms with E-state index in [0.717, 1.165) is 16.8 Å². The second-order valence-corrected chi connectivity index (χ2v) is 7.43. The molecule has 0 aliphatic carbocycles. The summed E-state index contributed by atoms with van der Waals surface area (Å²) in [5.41, 5.74) is 3.25. The van der Waals surface area contributed by atoms with Crippen LogP contribution in [0.25, 0.3) is 0 Å². The van der Waals surface area contributed by atoms with Gasteiger partial charge in [0, 0.05) is 23.8 Å². The van der Waals surface area contributed by atoms with Crippen molar-refractivity contribution in [2.45, 2.75) is 17.7 Å². The quantitative estimate of drug-likeness (QED) is 0.429. The second-order valence-electron chi connectivity index (χ2n) is 6.20. The molecular weight excluding hydrogens is 408 g/mol. The van der Waals surface area contributed by atoms with Crippen LogP contribution in [0.15, 0.2) is 66.0 Å². The van der Waals surface area contributed by atoms with Crippen LogP contribution >= 0.6 is 23.4 Å². The third-order valence-corrected chi connectivity index (χ3v) is 5.20. The maximum absolute atomic E-state index is 12.7. The lowest BCUT2D eigenvalue weighted by Gasteiger charge is -2.10. The highest BCUT2D eigenvalue weighted by Crippen LogP contribution is 2.25. The lowest BCUT2D eigenvalue weighted by Crippen LogP contribution is -2.14. The van der Waals surface area contributed by atoms with Crippen LogP contribution in [0.2, 0.25) is 0 Å². The van der Waals surface area contributed by atoms with Crippen molar-refractivity contribution in [3.05, 3.63) is 77.6 Å². The molecule has 2 N–H and O–H groups in total. The average molecular weight is 427 g/mol. The van der Waals surface area contributed by atoms with E-state index < -0.39 is 0 Å². The van der Waals surface area contributed by atoms with Crippen molar-refractivity contribution in [1.82, 2.24) is 9.97 Å². The number of halogens is 1. The van der Waals surface area contributed by atoms with E-state index in [1.807, 2.05) is 37.3 Å². The van der Waals surface area contributed by atoms with Crippen molar-refractivity contribution in [2.24, 2.45) is 0 Å². The summed E-state index contributed by atoms with van der Waals surface area (Å²) >= 11 is 6.94. The lowest BCUT2D eigenvalue weighted by molar-refractivity contribution is -0.113. The van der Waals surface area contributed by atoms with Crippen molar-refractivity contribution in [1.29, 1.82) is 0 Å². The summed E-state index contributed by atoms with van der Waals surface area (Å²) in [6.07, 6.45) is 3.27. The second kappa shape index (κ2) is 10.0. The molecule has 2 amide bonds. The van der Waals surface area contributed by atoms with Gasteiger partial charge in [0.25, 0.3) is 5.91 Å². The molecule has 0 atom stereocenters. The fourth-order valence-corrected chi connectivity index (χ4v) is 3.56. The van der Waals surface area contributed by atoms with Gasteiger partial charge in [-0.05, 0) is 54.4 Å². The molecule has 29 heavy (non-hydrogen) atoms. The normalized spacial score (nSPS) is 10.4. The van der Waals surface area contributed by atoms with Gasteiger partial charge in [-0.15, -0.1) is 23.4 Å². The first kappa shape index (κ1) is 20.8. The minimum atomic E-state index is -0.316. The van der Waals surface area contributed by atoms with Gasteiger partial charge in [-0.1, -0.05) is 12.1 Å². The van der Waals surface area contributed by atoms with Gasteiger partial charge in [0.05, 0.1) is 5.56 Å². The van der Waals surface area contributed by atoms with Crippen LogP contribution < -0.4 is 10.6 Å².